The lowest BCUT2D eigenvalue weighted by Crippen LogP contribution is -2.41. The predicted molar refractivity (Wildman–Crippen MR) is 96.9 cm³/mol. The van der Waals surface area contributed by atoms with Gasteiger partial charge in [0, 0.05) is 55.7 Å². The summed E-state index contributed by atoms with van der Waals surface area (Å²) in [5, 5.41) is 1.37. The lowest BCUT2D eigenvalue weighted by molar-refractivity contribution is -0.133. The van der Waals surface area contributed by atoms with Crippen molar-refractivity contribution in [2.45, 2.75) is 39.2 Å². The number of likely N-dealkylation sites (tertiary alicyclic amines) is 1. The van der Waals surface area contributed by atoms with Crippen molar-refractivity contribution >= 4 is 16.8 Å². The van der Waals surface area contributed by atoms with Crippen LogP contribution < -0.4 is 0 Å². The fourth-order valence-electron chi connectivity index (χ4n) is 4.27. The van der Waals surface area contributed by atoms with Crippen LogP contribution in [0.2, 0.25) is 0 Å². The van der Waals surface area contributed by atoms with Crippen molar-refractivity contribution in [3.63, 3.8) is 0 Å². The summed E-state index contributed by atoms with van der Waals surface area (Å²) in [6.07, 6.45) is 4.16. The zero-order valence-electron chi connectivity index (χ0n) is 14.6. The molecule has 1 N–H and O–H groups in total. The van der Waals surface area contributed by atoms with Crippen molar-refractivity contribution in [1.82, 2.24) is 14.8 Å². The minimum atomic E-state index is 0.337. The molecule has 0 spiro atoms. The van der Waals surface area contributed by atoms with Crippen LogP contribution in [0.25, 0.3) is 10.9 Å². The molecule has 0 aliphatic carbocycles. The van der Waals surface area contributed by atoms with Crippen LogP contribution >= 0.6 is 0 Å². The van der Waals surface area contributed by atoms with E-state index in [0.29, 0.717) is 18.2 Å². The fraction of sp³-hybridized carbons (Fsp3) is 0.550. The minimum Gasteiger partial charge on any atom is -0.357 e. The number of H-pyrrole nitrogens is 1. The first kappa shape index (κ1) is 15.7. The molecule has 4 heteroatoms. The number of amides is 1. The molecule has 2 aromatic rings. The van der Waals surface area contributed by atoms with Gasteiger partial charge >= 0.3 is 0 Å². The summed E-state index contributed by atoms with van der Waals surface area (Å²) in [5.41, 5.74) is 4.04. The summed E-state index contributed by atoms with van der Waals surface area (Å²) in [6, 6.07) is 8.56. The summed E-state index contributed by atoms with van der Waals surface area (Å²) in [4.78, 5) is 20.5. The molecule has 1 atom stereocenters. The number of rotatable bonds is 3. The quantitative estimate of drug-likeness (QED) is 0.941. The van der Waals surface area contributed by atoms with E-state index in [1.54, 1.807) is 0 Å². The van der Waals surface area contributed by atoms with Gasteiger partial charge in [-0.2, -0.15) is 0 Å². The normalized spacial score (nSPS) is 21.9. The Kier molecular flexibility index (Phi) is 4.31. The number of para-hydroxylation sites is 1. The van der Waals surface area contributed by atoms with E-state index in [4.69, 9.17) is 0 Å². The Morgan fingerprint density at radius 1 is 1.29 bits per heavy atom. The molecule has 128 valence electrons. The average Bonchev–Trinajstić information content (AvgIpc) is 2.97. The second-order valence-corrected chi connectivity index (χ2v) is 7.49. The van der Waals surface area contributed by atoms with Gasteiger partial charge in [-0.1, -0.05) is 25.1 Å². The molecule has 4 rings (SSSR count). The number of piperidine rings is 1. The van der Waals surface area contributed by atoms with Crippen molar-refractivity contribution in [1.29, 1.82) is 0 Å². The van der Waals surface area contributed by atoms with Gasteiger partial charge in [0.2, 0.25) is 5.91 Å². The zero-order chi connectivity index (χ0) is 16.5. The van der Waals surface area contributed by atoms with Gasteiger partial charge in [0.15, 0.2) is 0 Å². The Bertz CT molecular complexity index is 736. The van der Waals surface area contributed by atoms with E-state index in [1.165, 1.54) is 28.6 Å². The number of aromatic nitrogens is 1. The third kappa shape index (κ3) is 3.07. The molecule has 0 saturated carbocycles. The first-order valence-corrected chi connectivity index (χ1v) is 9.29. The number of fused-ring (bicyclic) bond motifs is 3. The number of carbonyl (C=O) groups is 1. The molecular formula is C20H27N3O. The van der Waals surface area contributed by atoms with E-state index in [0.717, 1.165) is 45.6 Å². The maximum atomic E-state index is 12.5. The molecule has 4 nitrogen and oxygen atoms in total. The third-order valence-electron chi connectivity index (χ3n) is 5.61. The van der Waals surface area contributed by atoms with Gasteiger partial charge in [-0.05, 0) is 36.8 Å². The largest absolute Gasteiger partial charge is 0.357 e. The van der Waals surface area contributed by atoms with Crippen LogP contribution in [-0.2, 0) is 17.8 Å². The molecule has 1 fully saturated rings. The molecule has 3 heterocycles. The lowest BCUT2D eigenvalue weighted by atomic mass is 10.00. The second-order valence-electron chi connectivity index (χ2n) is 7.49. The number of aromatic amines is 1. The van der Waals surface area contributed by atoms with E-state index in [9.17, 15) is 4.79 Å². The average molecular weight is 325 g/mol. The van der Waals surface area contributed by atoms with Gasteiger partial charge in [0.1, 0.15) is 0 Å². The molecule has 1 amide bonds. The van der Waals surface area contributed by atoms with Gasteiger partial charge in [-0.15, -0.1) is 0 Å². The Balaban J connectivity index is 1.36. The molecule has 0 radical (unpaired) electrons. The Hall–Kier alpha value is -1.81. The van der Waals surface area contributed by atoms with Crippen molar-refractivity contribution in [3.8, 4) is 0 Å². The maximum Gasteiger partial charge on any atom is 0.223 e. The molecule has 1 aromatic carbocycles. The SMILES string of the molecule is C[C@@H]1CCCN(C(=O)CCN2CCc3c([nH]c4ccccc34)C2)C1. The van der Waals surface area contributed by atoms with Crippen LogP contribution in [0.1, 0.15) is 37.4 Å². The van der Waals surface area contributed by atoms with Gasteiger partial charge in [-0.25, -0.2) is 0 Å². The van der Waals surface area contributed by atoms with E-state index in [1.807, 2.05) is 0 Å². The van der Waals surface area contributed by atoms with Crippen LogP contribution in [0.3, 0.4) is 0 Å². The first-order chi connectivity index (χ1) is 11.7. The number of nitrogens with one attached hydrogen (secondary N) is 1. The van der Waals surface area contributed by atoms with Crippen molar-refractivity contribution in [3.05, 3.63) is 35.5 Å². The summed E-state index contributed by atoms with van der Waals surface area (Å²) >= 11 is 0. The van der Waals surface area contributed by atoms with Gasteiger partial charge < -0.3 is 9.88 Å². The molecule has 1 aromatic heterocycles. The van der Waals surface area contributed by atoms with E-state index < -0.39 is 0 Å². The highest BCUT2D eigenvalue weighted by Gasteiger charge is 2.23. The molecule has 2 aliphatic rings. The summed E-state index contributed by atoms with van der Waals surface area (Å²) in [5.74, 6) is 0.996. The van der Waals surface area contributed by atoms with E-state index in [-0.39, 0.29) is 0 Å². The smallest absolute Gasteiger partial charge is 0.223 e. The number of nitrogens with zero attached hydrogens (tertiary/aromatic N) is 2. The van der Waals surface area contributed by atoms with Crippen LogP contribution in [-0.4, -0.2) is 46.9 Å². The second kappa shape index (κ2) is 6.60. The Labute approximate surface area is 143 Å². The van der Waals surface area contributed by atoms with Crippen LogP contribution in [0.5, 0.6) is 0 Å². The number of hydrogen-bond acceptors (Lipinski definition) is 2. The fourth-order valence-corrected chi connectivity index (χ4v) is 4.27. The number of hydrogen-bond donors (Lipinski definition) is 1. The third-order valence-corrected chi connectivity index (χ3v) is 5.61. The molecule has 1 saturated heterocycles. The van der Waals surface area contributed by atoms with Crippen LogP contribution in [0.4, 0.5) is 0 Å². The standard InChI is InChI=1S/C20H27N3O/c1-15-5-4-10-23(13-15)20(24)9-12-22-11-8-17-16-6-2-3-7-18(16)21-19(17)14-22/h2-3,6-7,15,21H,4-5,8-14H2,1H3/t15-/m1/s1. The van der Waals surface area contributed by atoms with E-state index in [2.05, 4.69) is 46.0 Å². The first-order valence-electron chi connectivity index (χ1n) is 9.29. The monoisotopic (exact) mass is 325 g/mol. The molecule has 2 aliphatic heterocycles. The number of carbonyl (C=O) groups excluding carboxylic acids is 1. The molecule has 0 bridgehead atoms. The topological polar surface area (TPSA) is 39.3 Å². The highest BCUT2D eigenvalue weighted by molar-refractivity contribution is 5.84. The van der Waals surface area contributed by atoms with Crippen LogP contribution in [0.15, 0.2) is 24.3 Å². The van der Waals surface area contributed by atoms with Gasteiger partial charge in [-0.3, -0.25) is 9.69 Å². The highest BCUT2D eigenvalue weighted by atomic mass is 16.2. The van der Waals surface area contributed by atoms with Gasteiger partial charge in [0.25, 0.3) is 0 Å². The summed E-state index contributed by atoms with van der Waals surface area (Å²) in [6.45, 7) is 7.02. The Morgan fingerprint density at radius 2 is 2.17 bits per heavy atom. The summed E-state index contributed by atoms with van der Waals surface area (Å²) < 4.78 is 0. The Morgan fingerprint density at radius 3 is 3.04 bits per heavy atom. The van der Waals surface area contributed by atoms with Crippen LogP contribution in [0, 0.1) is 5.92 Å². The van der Waals surface area contributed by atoms with Crippen molar-refractivity contribution in [2.24, 2.45) is 5.92 Å². The predicted octanol–water partition coefficient (Wildman–Crippen LogP) is 3.17. The maximum absolute atomic E-state index is 12.5. The van der Waals surface area contributed by atoms with Gasteiger partial charge in [0.05, 0.1) is 0 Å². The number of benzene rings is 1. The lowest BCUT2D eigenvalue weighted by Gasteiger charge is -2.32. The highest BCUT2D eigenvalue weighted by Crippen LogP contribution is 2.27. The molecule has 0 unspecified atom stereocenters. The summed E-state index contributed by atoms with van der Waals surface area (Å²) in [7, 11) is 0. The van der Waals surface area contributed by atoms with Crippen molar-refractivity contribution < 1.29 is 4.79 Å². The molecule has 24 heavy (non-hydrogen) atoms. The zero-order valence-corrected chi connectivity index (χ0v) is 14.6. The van der Waals surface area contributed by atoms with Crippen molar-refractivity contribution in [2.75, 3.05) is 26.2 Å². The molecular weight excluding hydrogens is 298 g/mol. The minimum absolute atomic E-state index is 0.337. The van der Waals surface area contributed by atoms with E-state index >= 15 is 0 Å².